The third-order valence-corrected chi connectivity index (χ3v) is 3.57. The zero-order valence-corrected chi connectivity index (χ0v) is 13.0. The van der Waals surface area contributed by atoms with Crippen LogP contribution in [-0.4, -0.2) is 17.8 Å². The van der Waals surface area contributed by atoms with Crippen LogP contribution in [0.15, 0.2) is 24.3 Å². The molecule has 0 spiro atoms. The maximum Gasteiger partial charge on any atom is 0.0584 e. The Morgan fingerprint density at radius 2 is 1.47 bits per heavy atom. The van der Waals surface area contributed by atoms with Crippen molar-refractivity contribution in [3.63, 3.8) is 0 Å². The minimum atomic E-state index is 0.180. The number of hydrogen-bond donors (Lipinski definition) is 2. The van der Waals surface area contributed by atoms with Gasteiger partial charge in [0.15, 0.2) is 0 Å². The summed E-state index contributed by atoms with van der Waals surface area (Å²) in [6.07, 6.45) is 1.00. The summed E-state index contributed by atoms with van der Waals surface area (Å²) in [7, 11) is 0. The summed E-state index contributed by atoms with van der Waals surface area (Å²) in [5.74, 6) is 1.17. The van der Waals surface area contributed by atoms with Gasteiger partial charge in [-0.3, -0.25) is 0 Å². The van der Waals surface area contributed by atoms with Gasteiger partial charge >= 0.3 is 0 Å². The molecule has 1 rings (SSSR count). The lowest BCUT2D eigenvalue weighted by atomic mass is 9.98. The maximum absolute atomic E-state index is 9.43. The largest absolute Gasteiger partial charge is 0.395 e. The Hall–Kier alpha value is -0.860. The molecule has 0 aliphatic rings. The second-order valence-corrected chi connectivity index (χ2v) is 6.22. The van der Waals surface area contributed by atoms with Crippen molar-refractivity contribution in [3.05, 3.63) is 35.4 Å². The van der Waals surface area contributed by atoms with Crippen LogP contribution in [0, 0.1) is 5.92 Å². The van der Waals surface area contributed by atoms with E-state index in [0.717, 1.165) is 6.42 Å². The van der Waals surface area contributed by atoms with Gasteiger partial charge in [-0.15, -0.1) is 0 Å². The molecule has 0 aliphatic heterocycles. The molecule has 0 bridgehead atoms. The van der Waals surface area contributed by atoms with Crippen LogP contribution in [0.3, 0.4) is 0 Å². The monoisotopic (exact) mass is 263 g/mol. The van der Waals surface area contributed by atoms with Crippen LogP contribution < -0.4 is 5.32 Å². The summed E-state index contributed by atoms with van der Waals surface area (Å²) in [5.41, 5.74) is 2.66. The molecule has 0 fully saturated rings. The molecule has 2 atom stereocenters. The van der Waals surface area contributed by atoms with E-state index >= 15 is 0 Å². The fourth-order valence-corrected chi connectivity index (χ4v) is 2.38. The van der Waals surface area contributed by atoms with Crippen molar-refractivity contribution in [1.82, 2.24) is 5.32 Å². The van der Waals surface area contributed by atoms with E-state index in [1.165, 1.54) is 11.1 Å². The van der Waals surface area contributed by atoms with Crippen molar-refractivity contribution in [3.8, 4) is 0 Å². The second kappa shape index (κ2) is 7.66. The molecule has 2 N–H and O–H groups in total. The molecular weight excluding hydrogens is 234 g/mol. The van der Waals surface area contributed by atoms with Gasteiger partial charge in [-0.25, -0.2) is 0 Å². The highest BCUT2D eigenvalue weighted by Gasteiger charge is 2.14. The minimum absolute atomic E-state index is 0.180. The molecule has 0 heterocycles. The summed E-state index contributed by atoms with van der Waals surface area (Å²) in [5, 5.41) is 12.9. The first-order valence-corrected chi connectivity index (χ1v) is 7.40. The summed E-state index contributed by atoms with van der Waals surface area (Å²) in [6, 6.07) is 9.24. The molecular formula is C17H29NO. The molecule has 0 amide bonds. The Kier molecular flexibility index (Phi) is 6.53. The topological polar surface area (TPSA) is 32.3 Å². The molecule has 2 unspecified atom stereocenters. The molecule has 1 aromatic carbocycles. The van der Waals surface area contributed by atoms with E-state index in [-0.39, 0.29) is 18.7 Å². The second-order valence-electron chi connectivity index (χ2n) is 6.22. The normalized spacial score (nSPS) is 14.9. The van der Waals surface area contributed by atoms with Gasteiger partial charge in [0, 0.05) is 12.1 Å². The lowest BCUT2D eigenvalue weighted by Gasteiger charge is -2.23. The molecule has 0 radical (unpaired) electrons. The van der Waals surface area contributed by atoms with Crippen LogP contribution in [0.4, 0.5) is 0 Å². The third kappa shape index (κ3) is 5.33. The number of aliphatic hydroxyl groups excluding tert-OH is 1. The summed E-state index contributed by atoms with van der Waals surface area (Å²) < 4.78 is 0. The first-order valence-electron chi connectivity index (χ1n) is 7.40. The highest BCUT2D eigenvalue weighted by molar-refractivity contribution is 5.26. The van der Waals surface area contributed by atoms with Crippen molar-refractivity contribution in [2.24, 2.45) is 5.92 Å². The Labute approximate surface area is 118 Å². The number of aliphatic hydroxyl groups is 1. The van der Waals surface area contributed by atoms with Crippen LogP contribution in [0.5, 0.6) is 0 Å². The van der Waals surface area contributed by atoms with Gasteiger partial charge in [-0.1, -0.05) is 52.0 Å². The first kappa shape index (κ1) is 16.2. The van der Waals surface area contributed by atoms with Gasteiger partial charge in [0.2, 0.25) is 0 Å². The van der Waals surface area contributed by atoms with E-state index in [2.05, 4.69) is 64.2 Å². The predicted molar refractivity (Wildman–Crippen MR) is 82.4 cm³/mol. The Balaban J connectivity index is 2.63. The van der Waals surface area contributed by atoms with E-state index in [1.54, 1.807) is 0 Å². The predicted octanol–water partition coefficient (Wildman–Crippen LogP) is 3.87. The molecule has 0 aromatic heterocycles. The SMILES string of the molecule is CC(C)CC(CO)NC(C)c1ccc(C(C)C)cc1. The Morgan fingerprint density at radius 3 is 1.89 bits per heavy atom. The van der Waals surface area contributed by atoms with E-state index < -0.39 is 0 Å². The number of hydrogen-bond acceptors (Lipinski definition) is 2. The fourth-order valence-electron chi connectivity index (χ4n) is 2.38. The smallest absolute Gasteiger partial charge is 0.0584 e. The van der Waals surface area contributed by atoms with Crippen LogP contribution in [0.25, 0.3) is 0 Å². The van der Waals surface area contributed by atoms with Gasteiger partial charge in [0.1, 0.15) is 0 Å². The molecule has 1 aromatic rings. The first-order chi connectivity index (χ1) is 8.93. The highest BCUT2D eigenvalue weighted by Crippen LogP contribution is 2.19. The van der Waals surface area contributed by atoms with Gasteiger partial charge in [0.05, 0.1) is 6.61 Å². The van der Waals surface area contributed by atoms with Gasteiger partial charge < -0.3 is 10.4 Å². The third-order valence-electron chi connectivity index (χ3n) is 3.57. The summed E-state index contributed by atoms with van der Waals surface area (Å²) in [4.78, 5) is 0. The molecule has 0 aliphatic carbocycles. The lowest BCUT2D eigenvalue weighted by Crippen LogP contribution is -2.35. The maximum atomic E-state index is 9.43. The zero-order valence-electron chi connectivity index (χ0n) is 13.0. The fraction of sp³-hybridized carbons (Fsp3) is 0.647. The quantitative estimate of drug-likeness (QED) is 0.782. The van der Waals surface area contributed by atoms with Crippen molar-refractivity contribution in [1.29, 1.82) is 0 Å². The van der Waals surface area contributed by atoms with Gasteiger partial charge in [0.25, 0.3) is 0 Å². The van der Waals surface area contributed by atoms with Crippen molar-refractivity contribution in [2.45, 2.75) is 59.0 Å². The molecule has 108 valence electrons. The van der Waals surface area contributed by atoms with Crippen LogP contribution in [0.1, 0.15) is 64.1 Å². The van der Waals surface area contributed by atoms with E-state index in [9.17, 15) is 5.11 Å². The summed E-state index contributed by atoms with van der Waals surface area (Å²) >= 11 is 0. The lowest BCUT2D eigenvalue weighted by molar-refractivity contribution is 0.215. The van der Waals surface area contributed by atoms with Crippen molar-refractivity contribution in [2.75, 3.05) is 6.61 Å². The van der Waals surface area contributed by atoms with E-state index in [4.69, 9.17) is 0 Å². The van der Waals surface area contributed by atoms with Crippen molar-refractivity contribution >= 4 is 0 Å². The van der Waals surface area contributed by atoms with Gasteiger partial charge in [-0.05, 0) is 36.3 Å². The Bertz CT molecular complexity index is 356. The number of benzene rings is 1. The molecule has 2 heteroatoms. The minimum Gasteiger partial charge on any atom is -0.395 e. The van der Waals surface area contributed by atoms with Gasteiger partial charge in [-0.2, -0.15) is 0 Å². The molecule has 0 saturated carbocycles. The Morgan fingerprint density at radius 1 is 0.947 bits per heavy atom. The van der Waals surface area contributed by atoms with Crippen LogP contribution in [0.2, 0.25) is 0 Å². The molecule has 2 nitrogen and oxygen atoms in total. The average molecular weight is 263 g/mol. The van der Waals surface area contributed by atoms with E-state index in [0.29, 0.717) is 11.8 Å². The number of rotatable bonds is 7. The van der Waals surface area contributed by atoms with Crippen LogP contribution in [-0.2, 0) is 0 Å². The summed E-state index contributed by atoms with van der Waals surface area (Å²) in [6.45, 7) is 11.2. The molecule has 19 heavy (non-hydrogen) atoms. The van der Waals surface area contributed by atoms with Crippen molar-refractivity contribution < 1.29 is 5.11 Å². The highest BCUT2D eigenvalue weighted by atomic mass is 16.3. The average Bonchev–Trinajstić information content (AvgIpc) is 2.37. The van der Waals surface area contributed by atoms with Crippen LogP contribution >= 0.6 is 0 Å². The standard InChI is InChI=1S/C17H29NO/c1-12(2)10-17(11-19)18-14(5)16-8-6-15(7-9-16)13(3)4/h6-9,12-14,17-19H,10-11H2,1-5H3. The van der Waals surface area contributed by atoms with E-state index in [1.807, 2.05) is 0 Å². The molecule has 0 saturated heterocycles. The zero-order chi connectivity index (χ0) is 14.4. The number of nitrogens with one attached hydrogen (secondary N) is 1.